The highest BCUT2D eigenvalue weighted by Gasteiger charge is 2.04. The highest BCUT2D eigenvalue weighted by molar-refractivity contribution is 9.10. The summed E-state index contributed by atoms with van der Waals surface area (Å²) in [5, 5.41) is 8.56. The maximum atomic E-state index is 10.4. The molecule has 90 valence electrons. The first-order valence-electron chi connectivity index (χ1n) is 5.16. The van der Waals surface area contributed by atoms with Crippen molar-refractivity contribution in [2.24, 2.45) is 0 Å². The molecular weight excluding hydrogens is 296 g/mol. The lowest BCUT2D eigenvalue weighted by Gasteiger charge is -2.03. The lowest BCUT2D eigenvalue weighted by molar-refractivity contribution is -0.131. The van der Waals surface area contributed by atoms with Crippen LogP contribution in [0.2, 0.25) is 0 Å². The third-order valence-electron chi connectivity index (χ3n) is 2.20. The average molecular weight is 305 g/mol. The molecule has 0 saturated carbocycles. The van der Waals surface area contributed by atoms with E-state index in [0.29, 0.717) is 5.82 Å². The SMILES string of the molecule is O=C(O)/C=C/c1nccc(-c2ccccc2Br)n1. The molecule has 0 fully saturated rings. The number of aliphatic carboxylic acids is 1. The van der Waals surface area contributed by atoms with E-state index in [1.54, 1.807) is 12.3 Å². The maximum absolute atomic E-state index is 10.4. The summed E-state index contributed by atoms with van der Waals surface area (Å²) >= 11 is 3.45. The average Bonchev–Trinajstić information content (AvgIpc) is 2.37. The highest BCUT2D eigenvalue weighted by Crippen LogP contribution is 2.25. The Morgan fingerprint density at radius 2 is 2.06 bits per heavy atom. The van der Waals surface area contributed by atoms with Gasteiger partial charge in [0.25, 0.3) is 0 Å². The summed E-state index contributed by atoms with van der Waals surface area (Å²) in [5.41, 5.74) is 1.67. The summed E-state index contributed by atoms with van der Waals surface area (Å²) in [6, 6.07) is 9.45. The van der Waals surface area contributed by atoms with Crippen LogP contribution in [0.1, 0.15) is 5.82 Å². The van der Waals surface area contributed by atoms with Gasteiger partial charge >= 0.3 is 5.97 Å². The number of carbonyl (C=O) groups is 1. The molecule has 0 aliphatic carbocycles. The fourth-order valence-corrected chi connectivity index (χ4v) is 1.91. The molecule has 0 aliphatic heterocycles. The van der Waals surface area contributed by atoms with E-state index in [-0.39, 0.29) is 0 Å². The Labute approximate surface area is 112 Å². The first-order chi connectivity index (χ1) is 8.66. The largest absolute Gasteiger partial charge is 0.478 e. The van der Waals surface area contributed by atoms with Crippen LogP contribution in [-0.4, -0.2) is 21.0 Å². The molecule has 5 heteroatoms. The third-order valence-corrected chi connectivity index (χ3v) is 2.89. The predicted octanol–water partition coefficient (Wildman–Crippen LogP) is 3.00. The van der Waals surface area contributed by atoms with Crippen LogP contribution < -0.4 is 0 Å². The Balaban J connectivity index is 2.39. The lowest BCUT2D eigenvalue weighted by atomic mass is 10.1. The summed E-state index contributed by atoms with van der Waals surface area (Å²) in [4.78, 5) is 18.7. The zero-order chi connectivity index (χ0) is 13.0. The topological polar surface area (TPSA) is 63.1 Å². The van der Waals surface area contributed by atoms with E-state index in [4.69, 9.17) is 5.11 Å². The van der Waals surface area contributed by atoms with Crippen LogP contribution in [-0.2, 0) is 4.79 Å². The van der Waals surface area contributed by atoms with Crippen molar-refractivity contribution in [3.05, 3.63) is 52.9 Å². The van der Waals surface area contributed by atoms with Gasteiger partial charge < -0.3 is 5.11 Å². The second kappa shape index (κ2) is 5.55. The predicted molar refractivity (Wildman–Crippen MR) is 71.8 cm³/mol. The standard InChI is InChI=1S/C13H9BrN2O2/c14-10-4-2-1-3-9(10)11-7-8-15-12(16-11)5-6-13(17)18/h1-8H,(H,17,18)/b6-5+. The van der Waals surface area contributed by atoms with E-state index < -0.39 is 5.97 Å². The number of nitrogens with zero attached hydrogens (tertiary/aromatic N) is 2. The maximum Gasteiger partial charge on any atom is 0.328 e. The third kappa shape index (κ3) is 3.01. The van der Waals surface area contributed by atoms with Gasteiger partial charge in [-0.05, 0) is 18.2 Å². The number of benzene rings is 1. The first kappa shape index (κ1) is 12.4. The Morgan fingerprint density at radius 1 is 1.28 bits per heavy atom. The molecule has 0 amide bonds. The van der Waals surface area contributed by atoms with Crippen LogP contribution >= 0.6 is 15.9 Å². The van der Waals surface area contributed by atoms with Crippen molar-refractivity contribution in [2.45, 2.75) is 0 Å². The number of hydrogen-bond acceptors (Lipinski definition) is 3. The second-order valence-corrected chi connectivity index (χ2v) is 4.31. The van der Waals surface area contributed by atoms with Gasteiger partial charge in [-0.15, -0.1) is 0 Å². The first-order valence-corrected chi connectivity index (χ1v) is 5.95. The van der Waals surface area contributed by atoms with Gasteiger partial charge in [0.15, 0.2) is 5.82 Å². The van der Waals surface area contributed by atoms with E-state index in [0.717, 1.165) is 21.8 Å². The Bertz CT molecular complexity index is 611. The van der Waals surface area contributed by atoms with Gasteiger partial charge in [-0.1, -0.05) is 34.1 Å². The number of aromatic nitrogens is 2. The Morgan fingerprint density at radius 3 is 2.78 bits per heavy atom. The molecule has 1 aromatic heterocycles. The smallest absolute Gasteiger partial charge is 0.328 e. The molecule has 18 heavy (non-hydrogen) atoms. The number of carboxylic acids is 1. The van der Waals surface area contributed by atoms with E-state index in [2.05, 4.69) is 25.9 Å². The zero-order valence-corrected chi connectivity index (χ0v) is 10.8. The van der Waals surface area contributed by atoms with Gasteiger partial charge in [0, 0.05) is 22.3 Å². The van der Waals surface area contributed by atoms with Gasteiger partial charge in [-0.25, -0.2) is 14.8 Å². The van der Waals surface area contributed by atoms with E-state index >= 15 is 0 Å². The fourth-order valence-electron chi connectivity index (χ4n) is 1.42. The fraction of sp³-hybridized carbons (Fsp3) is 0. The summed E-state index contributed by atoms with van der Waals surface area (Å²) in [6.07, 6.45) is 3.98. The van der Waals surface area contributed by atoms with Crippen LogP contribution in [0, 0.1) is 0 Å². The number of carboxylic acid groups (broad SMARTS) is 1. The van der Waals surface area contributed by atoms with Crippen molar-refractivity contribution >= 4 is 28.0 Å². The number of halogens is 1. The van der Waals surface area contributed by atoms with Crippen molar-refractivity contribution in [2.75, 3.05) is 0 Å². The molecule has 2 aromatic rings. The number of hydrogen-bond donors (Lipinski definition) is 1. The minimum Gasteiger partial charge on any atom is -0.478 e. The van der Waals surface area contributed by atoms with E-state index in [9.17, 15) is 4.79 Å². The van der Waals surface area contributed by atoms with Crippen LogP contribution in [0.5, 0.6) is 0 Å². The van der Waals surface area contributed by atoms with E-state index in [1.807, 2.05) is 24.3 Å². The highest BCUT2D eigenvalue weighted by atomic mass is 79.9. The van der Waals surface area contributed by atoms with Crippen molar-refractivity contribution < 1.29 is 9.90 Å². The molecule has 0 spiro atoms. The summed E-state index contributed by atoms with van der Waals surface area (Å²) in [5.74, 6) is -0.657. The molecule has 0 atom stereocenters. The summed E-state index contributed by atoms with van der Waals surface area (Å²) in [7, 11) is 0. The van der Waals surface area contributed by atoms with Gasteiger partial charge in [0.2, 0.25) is 0 Å². The van der Waals surface area contributed by atoms with Gasteiger partial charge in [-0.3, -0.25) is 0 Å². The summed E-state index contributed by atoms with van der Waals surface area (Å²) in [6.45, 7) is 0. The lowest BCUT2D eigenvalue weighted by Crippen LogP contribution is -1.92. The van der Waals surface area contributed by atoms with Gasteiger partial charge in [-0.2, -0.15) is 0 Å². The zero-order valence-electron chi connectivity index (χ0n) is 9.25. The number of rotatable bonds is 3. The molecule has 0 aliphatic rings. The van der Waals surface area contributed by atoms with Gasteiger partial charge in [0.1, 0.15) is 0 Å². The van der Waals surface area contributed by atoms with Gasteiger partial charge in [0.05, 0.1) is 5.69 Å². The molecule has 2 rings (SSSR count). The van der Waals surface area contributed by atoms with Crippen molar-refractivity contribution in [3.63, 3.8) is 0 Å². The molecule has 0 unspecified atom stereocenters. The second-order valence-electron chi connectivity index (χ2n) is 3.45. The van der Waals surface area contributed by atoms with Crippen molar-refractivity contribution in [3.8, 4) is 11.3 Å². The summed E-state index contributed by atoms with van der Waals surface area (Å²) < 4.78 is 0.928. The quantitative estimate of drug-likeness (QED) is 0.885. The van der Waals surface area contributed by atoms with Crippen molar-refractivity contribution in [1.82, 2.24) is 9.97 Å². The molecule has 4 nitrogen and oxygen atoms in total. The molecule has 1 N–H and O–H groups in total. The molecule has 1 heterocycles. The van der Waals surface area contributed by atoms with E-state index in [1.165, 1.54) is 6.08 Å². The molecule has 1 aromatic carbocycles. The molecule has 0 saturated heterocycles. The molecular formula is C13H9BrN2O2. The molecule has 0 radical (unpaired) electrons. The molecule has 0 bridgehead atoms. The van der Waals surface area contributed by atoms with Crippen LogP contribution in [0.25, 0.3) is 17.3 Å². The normalized spacial score (nSPS) is 10.7. The van der Waals surface area contributed by atoms with Crippen LogP contribution in [0.4, 0.5) is 0 Å². The monoisotopic (exact) mass is 304 g/mol. The van der Waals surface area contributed by atoms with Crippen LogP contribution in [0.15, 0.2) is 47.1 Å². The van der Waals surface area contributed by atoms with Crippen molar-refractivity contribution in [1.29, 1.82) is 0 Å². The Kier molecular flexibility index (Phi) is 3.84. The Hall–Kier alpha value is -2.01. The minimum atomic E-state index is -1.02. The van der Waals surface area contributed by atoms with Crippen LogP contribution in [0.3, 0.4) is 0 Å². The minimum absolute atomic E-state index is 0.366.